The van der Waals surface area contributed by atoms with E-state index in [1.54, 1.807) is 0 Å². The topological polar surface area (TPSA) is 44.5 Å². The largest absolute Gasteiger partial charge is 0.493 e. The van der Waals surface area contributed by atoms with Crippen molar-refractivity contribution >= 4 is 11.6 Å². The van der Waals surface area contributed by atoms with Gasteiger partial charge in [-0.1, -0.05) is 11.6 Å². The molecule has 0 amide bonds. The molecule has 1 unspecified atom stereocenters. The van der Waals surface area contributed by atoms with Crippen LogP contribution in [0.5, 0.6) is 11.5 Å². The maximum Gasteiger partial charge on any atom is 0.407 e. The molecule has 0 heterocycles. The molecule has 1 aromatic carbocycles. The number of hydrogen-bond donors (Lipinski definition) is 1. The number of rotatable bonds is 3. The van der Waals surface area contributed by atoms with E-state index in [-0.39, 0.29) is 22.1 Å². The third kappa shape index (κ3) is 2.95. The van der Waals surface area contributed by atoms with Gasteiger partial charge >= 0.3 is 6.18 Å². The first-order valence-corrected chi connectivity index (χ1v) is 4.92. The second-order valence-corrected chi connectivity index (χ2v) is 3.69. The smallest absolute Gasteiger partial charge is 0.407 e. The maximum atomic E-state index is 12.6. The van der Waals surface area contributed by atoms with Gasteiger partial charge in [0.1, 0.15) is 6.04 Å². The monoisotopic (exact) mass is 269 g/mol. The Balaban J connectivity index is 3.36. The molecule has 0 bridgehead atoms. The van der Waals surface area contributed by atoms with Crippen LogP contribution in [0.4, 0.5) is 13.2 Å². The molecular weight excluding hydrogens is 259 g/mol. The molecule has 0 spiro atoms. The lowest BCUT2D eigenvalue weighted by Crippen LogP contribution is -2.29. The molecule has 1 atom stereocenters. The quantitative estimate of drug-likeness (QED) is 0.918. The van der Waals surface area contributed by atoms with Crippen molar-refractivity contribution in [1.82, 2.24) is 0 Å². The molecule has 7 heteroatoms. The average molecular weight is 270 g/mol. The Labute approximate surface area is 101 Å². The van der Waals surface area contributed by atoms with Gasteiger partial charge < -0.3 is 15.2 Å². The fourth-order valence-electron chi connectivity index (χ4n) is 1.37. The summed E-state index contributed by atoms with van der Waals surface area (Å²) in [4.78, 5) is 0. The van der Waals surface area contributed by atoms with E-state index in [0.29, 0.717) is 0 Å². The molecule has 1 rings (SSSR count). The van der Waals surface area contributed by atoms with E-state index in [2.05, 4.69) is 0 Å². The van der Waals surface area contributed by atoms with Crippen LogP contribution in [0.15, 0.2) is 12.1 Å². The van der Waals surface area contributed by atoms with Crippen LogP contribution in [0.2, 0.25) is 5.02 Å². The van der Waals surface area contributed by atoms with Gasteiger partial charge in [-0.15, -0.1) is 0 Å². The summed E-state index contributed by atoms with van der Waals surface area (Å²) in [5.41, 5.74) is 4.86. The predicted molar refractivity (Wildman–Crippen MR) is 57.5 cm³/mol. The normalized spacial score (nSPS) is 13.4. The number of ether oxygens (including phenoxy) is 2. The van der Waals surface area contributed by atoms with Crippen LogP contribution in [0, 0.1) is 0 Å². The van der Waals surface area contributed by atoms with Crippen molar-refractivity contribution in [3.05, 3.63) is 22.7 Å². The number of alkyl halides is 3. The molecule has 0 saturated heterocycles. The molecule has 3 nitrogen and oxygen atoms in total. The fraction of sp³-hybridized carbons (Fsp3) is 0.400. The molecule has 0 aliphatic rings. The van der Waals surface area contributed by atoms with Crippen molar-refractivity contribution < 1.29 is 22.6 Å². The fourth-order valence-corrected chi connectivity index (χ4v) is 1.58. The van der Waals surface area contributed by atoms with Gasteiger partial charge in [-0.25, -0.2) is 0 Å². The highest BCUT2D eigenvalue weighted by atomic mass is 35.5. The Morgan fingerprint density at radius 2 is 1.82 bits per heavy atom. The Morgan fingerprint density at radius 3 is 2.24 bits per heavy atom. The minimum atomic E-state index is -4.58. The molecule has 0 saturated carbocycles. The predicted octanol–water partition coefficient (Wildman–Crippen LogP) is 2.92. The van der Waals surface area contributed by atoms with Gasteiger partial charge in [0, 0.05) is 16.7 Å². The standard InChI is InChI=1S/C10H11ClF3NO2/c1-16-7-4-5(11)3-6(8(7)17-2)9(15)10(12,13)14/h3-4,9H,15H2,1-2H3. The lowest BCUT2D eigenvalue weighted by molar-refractivity contribution is -0.149. The van der Waals surface area contributed by atoms with Crippen molar-refractivity contribution in [3.63, 3.8) is 0 Å². The van der Waals surface area contributed by atoms with Crippen LogP contribution in [-0.2, 0) is 0 Å². The van der Waals surface area contributed by atoms with Crippen LogP contribution >= 0.6 is 11.6 Å². The second-order valence-electron chi connectivity index (χ2n) is 3.25. The molecule has 96 valence electrons. The summed E-state index contributed by atoms with van der Waals surface area (Å²) in [5, 5.41) is 0.0948. The van der Waals surface area contributed by atoms with Crippen LogP contribution in [-0.4, -0.2) is 20.4 Å². The molecule has 0 aliphatic carbocycles. The Bertz CT molecular complexity index is 409. The first kappa shape index (κ1) is 13.9. The average Bonchev–Trinajstić information content (AvgIpc) is 2.25. The molecule has 2 N–H and O–H groups in total. The van der Waals surface area contributed by atoms with Crippen LogP contribution in [0.25, 0.3) is 0 Å². The van der Waals surface area contributed by atoms with Crippen LogP contribution < -0.4 is 15.2 Å². The molecule has 0 fully saturated rings. The molecule has 0 radical (unpaired) electrons. The van der Waals surface area contributed by atoms with Crippen molar-refractivity contribution in [2.24, 2.45) is 5.73 Å². The molecule has 0 aliphatic heterocycles. The lowest BCUT2D eigenvalue weighted by Gasteiger charge is -2.20. The third-order valence-corrected chi connectivity index (χ3v) is 2.38. The van der Waals surface area contributed by atoms with Crippen LogP contribution in [0.1, 0.15) is 11.6 Å². The summed E-state index contributed by atoms with van der Waals surface area (Å²) in [6, 6.07) is 0.290. The van der Waals surface area contributed by atoms with E-state index < -0.39 is 12.2 Å². The third-order valence-electron chi connectivity index (χ3n) is 2.16. The zero-order chi connectivity index (χ0) is 13.2. The summed E-state index contributed by atoms with van der Waals surface area (Å²) in [7, 11) is 2.54. The zero-order valence-corrected chi connectivity index (χ0v) is 9.89. The number of nitrogens with two attached hydrogens (primary N) is 1. The van der Waals surface area contributed by atoms with E-state index in [1.807, 2.05) is 0 Å². The molecule has 0 aromatic heterocycles. The van der Waals surface area contributed by atoms with E-state index in [9.17, 15) is 13.2 Å². The van der Waals surface area contributed by atoms with E-state index >= 15 is 0 Å². The number of hydrogen-bond acceptors (Lipinski definition) is 3. The summed E-state index contributed by atoms with van der Waals surface area (Å²) in [6.45, 7) is 0. The number of methoxy groups -OCH3 is 2. The van der Waals surface area contributed by atoms with Crippen molar-refractivity contribution in [3.8, 4) is 11.5 Å². The number of halogens is 4. The Kier molecular flexibility index (Phi) is 4.11. The van der Waals surface area contributed by atoms with Gasteiger partial charge in [0.2, 0.25) is 0 Å². The van der Waals surface area contributed by atoms with Crippen molar-refractivity contribution in [2.75, 3.05) is 14.2 Å². The minimum absolute atomic E-state index is 0.0678. The van der Waals surface area contributed by atoms with Crippen LogP contribution in [0.3, 0.4) is 0 Å². The molecular formula is C10H11ClF3NO2. The van der Waals surface area contributed by atoms with Gasteiger partial charge in [0.15, 0.2) is 11.5 Å². The maximum absolute atomic E-state index is 12.6. The first-order chi connectivity index (χ1) is 7.81. The van der Waals surface area contributed by atoms with Gasteiger partial charge in [0.05, 0.1) is 14.2 Å². The van der Waals surface area contributed by atoms with E-state index in [0.717, 1.165) is 6.07 Å². The van der Waals surface area contributed by atoms with Crippen molar-refractivity contribution in [1.29, 1.82) is 0 Å². The number of benzene rings is 1. The minimum Gasteiger partial charge on any atom is -0.493 e. The SMILES string of the molecule is COc1cc(Cl)cc(C(N)C(F)(F)F)c1OC. The van der Waals surface area contributed by atoms with E-state index in [1.165, 1.54) is 20.3 Å². The van der Waals surface area contributed by atoms with Crippen molar-refractivity contribution in [2.45, 2.75) is 12.2 Å². The first-order valence-electron chi connectivity index (χ1n) is 4.55. The Hall–Kier alpha value is -1.14. The van der Waals surface area contributed by atoms with Gasteiger partial charge in [0.25, 0.3) is 0 Å². The summed E-state index contributed by atoms with van der Waals surface area (Å²) >= 11 is 5.69. The highest BCUT2D eigenvalue weighted by molar-refractivity contribution is 6.30. The summed E-state index contributed by atoms with van der Waals surface area (Å²) in [6.07, 6.45) is -4.58. The summed E-state index contributed by atoms with van der Waals surface area (Å²) < 4.78 is 47.4. The van der Waals surface area contributed by atoms with E-state index in [4.69, 9.17) is 26.8 Å². The molecule has 17 heavy (non-hydrogen) atoms. The highest BCUT2D eigenvalue weighted by Gasteiger charge is 2.40. The lowest BCUT2D eigenvalue weighted by atomic mass is 10.1. The Morgan fingerprint density at radius 1 is 1.24 bits per heavy atom. The second kappa shape index (κ2) is 5.01. The summed E-state index contributed by atoms with van der Waals surface area (Å²) in [5.74, 6) is 0.0384. The van der Waals surface area contributed by atoms with Gasteiger partial charge in [-0.05, 0) is 6.07 Å². The van der Waals surface area contributed by atoms with Gasteiger partial charge in [-0.2, -0.15) is 13.2 Å². The highest BCUT2D eigenvalue weighted by Crippen LogP contribution is 2.41. The van der Waals surface area contributed by atoms with Gasteiger partial charge in [-0.3, -0.25) is 0 Å². The molecule has 1 aromatic rings. The zero-order valence-electron chi connectivity index (χ0n) is 9.14.